The zero-order chi connectivity index (χ0) is 9.40. The minimum Gasteiger partial charge on any atom is -0.353 e. The largest absolute Gasteiger partial charge is 0.353 e. The van der Waals surface area contributed by atoms with E-state index in [-0.39, 0.29) is 11.9 Å². The molecule has 0 saturated heterocycles. The Morgan fingerprint density at radius 2 is 2.33 bits per heavy atom. The van der Waals surface area contributed by atoms with Gasteiger partial charge in [0.25, 0.3) is 0 Å². The second-order valence-electron chi connectivity index (χ2n) is 2.60. The van der Waals surface area contributed by atoms with Crippen molar-refractivity contribution >= 4 is 30.3 Å². The standard InChI is InChI=1S/C8H17NOS2/c1-3-12-6-7(2)9-8(10)4-5-11/h7,11H,3-6H2,1-2H3,(H,9,10). The number of hydrogen-bond donors (Lipinski definition) is 2. The van der Waals surface area contributed by atoms with Gasteiger partial charge in [-0.05, 0) is 18.4 Å². The Bertz CT molecular complexity index is 130. The maximum atomic E-state index is 11.0. The summed E-state index contributed by atoms with van der Waals surface area (Å²) >= 11 is 5.83. The summed E-state index contributed by atoms with van der Waals surface area (Å²) in [6.45, 7) is 4.14. The summed E-state index contributed by atoms with van der Waals surface area (Å²) < 4.78 is 0. The van der Waals surface area contributed by atoms with Crippen LogP contribution in [-0.4, -0.2) is 29.2 Å². The molecule has 1 atom stereocenters. The second-order valence-corrected chi connectivity index (χ2v) is 4.37. The number of nitrogens with one attached hydrogen (secondary N) is 1. The maximum absolute atomic E-state index is 11.0. The lowest BCUT2D eigenvalue weighted by Crippen LogP contribution is -2.34. The minimum absolute atomic E-state index is 0.106. The number of hydrogen-bond acceptors (Lipinski definition) is 3. The lowest BCUT2D eigenvalue weighted by Gasteiger charge is -2.12. The number of carbonyl (C=O) groups excluding carboxylic acids is 1. The van der Waals surface area contributed by atoms with E-state index in [0.29, 0.717) is 12.2 Å². The zero-order valence-corrected chi connectivity index (χ0v) is 9.38. The first kappa shape index (κ1) is 12.2. The van der Waals surface area contributed by atoms with Gasteiger partial charge in [0.15, 0.2) is 0 Å². The zero-order valence-electron chi connectivity index (χ0n) is 7.67. The molecule has 0 aromatic rings. The molecule has 2 nitrogen and oxygen atoms in total. The Labute approximate surface area is 84.3 Å². The third kappa shape index (κ3) is 6.85. The molecule has 0 aliphatic carbocycles. The fraction of sp³-hybridized carbons (Fsp3) is 0.875. The number of thiol groups is 1. The average Bonchev–Trinajstić information content (AvgIpc) is 2.01. The predicted molar refractivity (Wildman–Crippen MR) is 59.1 cm³/mol. The van der Waals surface area contributed by atoms with E-state index >= 15 is 0 Å². The van der Waals surface area contributed by atoms with Crippen molar-refractivity contribution in [1.29, 1.82) is 0 Å². The van der Waals surface area contributed by atoms with Crippen molar-refractivity contribution in [2.45, 2.75) is 26.3 Å². The normalized spacial score (nSPS) is 12.6. The lowest BCUT2D eigenvalue weighted by atomic mass is 10.3. The molecule has 0 aliphatic rings. The van der Waals surface area contributed by atoms with Gasteiger partial charge in [0.2, 0.25) is 5.91 Å². The third-order valence-corrected chi connectivity index (χ3v) is 2.69. The van der Waals surface area contributed by atoms with Crippen molar-refractivity contribution in [3.8, 4) is 0 Å². The van der Waals surface area contributed by atoms with E-state index in [4.69, 9.17) is 0 Å². The van der Waals surface area contributed by atoms with Crippen LogP contribution in [0.2, 0.25) is 0 Å². The van der Waals surface area contributed by atoms with Crippen LogP contribution in [-0.2, 0) is 4.79 Å². The molecule has 0 bridgehead atoms. The van der Waals surface area contributed by atoms with E-state index in [2.05, 4.69) is 24.9 Å². The minimum atomic E-state index is 0.106. The first-order valence-electron chi connectivity index (χ1n) is 4.18. The highest BCUT2D eigenvalue weighted by Crippen LogP contribution is 2.01. The van der Waals surface area contributed by atoms with Crippen molar-refractivity contribution in [3.63, 3.8) is 0 Å². The van der Waals surface area contributed by atoms with Crippen molar-refractivity contribution in [3.05, 3.63) is 0 Å². The van der Waals surface area contributed by atoms with Gasteiger partial charge in [-0.1, -0.05) is 6.92 Å². The van der Waals surface area contributed by atoms with Gasteiger partial charge in [-0.3, -0.25) is 4.79 Å². The van der Waals surface area contributed by atoms with E-state index in [9.17, 15) is 4.79 Å². The van der Waals surface area contributed by atoms with Gasteiger partial charge in [0.1, 0.15) is 0 Å². The molecule has 0 fully saturated rings. The highest BCUT2D eigenvalue weighted by atomic mass is 32.2. The predicted octanol–water partition coefficient (Wildman–Crippen LogP) is 1.56. The molecule has 0 heterocycles. The summed E-state index contributed by atoms with van der Waals surface area (Å²) in [4.78, 5) is 11.0. The van der Waals surface area contributed by atoms with Gasteiger partial charge in [0.05, 0.1) is 0 Å². The highest BCUT2D eigenvalue weighted by Gasteiger charge is 2.05. The summed E-state index contributed by atoms with van der Waals surface area (Å²) in [7, 11) is 0. The van der Waals surface area contributed by atoms with Gasteiger partial charge < -0.3 is 5.32 Å². The summed E-state index contributed by atoms with van der Waals surface area (Å²) in [5, 5.41) is 2.91. The number of rotatable bonds is 6. The quantitative estimate of drug-likeness (QED) is 0.647. The fourth-order valence-corrected chi connectivity index (χ4v) is 1.66. The van der Waals surface area contributed by atoms with E-state index in [1.807, 2.05) is 18.7 Å². The topological polar surface area (TPSA) is 29.1 Å². The Balaban J connectivity index is 3.40. The van der Waals surface area contributed by atoms with Crippen LogP contribution < -0.4 is 5.32 Å². The molecule has 1 unspecified atom stereocenters. The van der Waals surface area contributed by atoms with Gasteiger partial charge in [-0.15, -0.1) is 0 Å². The fourth-order valence-electron chi connectivity index (χ4n) is 0.785. The Morgan fingerprint density at radius 1 is 1.67 bits per heavy atom. The molecule has 0 aromatic carbocycles. The van der Waals surface area contributed by atoms with Gasteiger partial charge >= 0.3 is 0 Å². The second kappa shape index (κ2) is 7.80. The summed E-state index contributed by atoms with van der Waals surface area (Å²) in [6.07, 6.45) is 0.518. The molecular formula is C8H17NOS2. The van der Waals surface area contributed by atoms with Crippen LogP contribution in [0.25, 0.3) is 0 Å². The maximum Gasteiger partial charge on any atom is 0.221 e. The average molecular weight is 207 g/mol. The van der Waals surface area contributed by atoms with Crippen LogP contribution in [0.15, 0.2) is 0 Å². The first-order chi connectivity index (χ1) is 5.70. The van der Waals surface area contributed by atoms with Crippen LogP contribution in [0.3, 0.4) is 0 Å². The molecule has 0 saturated carbocycles. The Hall–Kier alpha value is 0.170. The molecule has 0 aromatic heterocycles. The molecule has 0 aliphatic heterocycles. The van der Waals surface area contributed by atoms with Crippen LogP contribution in [0.1, 0.15) is 20.3 Å². The van der Waals surface area contributed by atoms with Crippen molar-refractivity contribution < 1.29 is 4.79 Å². The SMILES string of the molecule is CCSCC(C)NC(=O)CCS. The molecule has 1 amide bonds. The van der Waals surface area contributed by atoms with Crippen LogP contribution in [0.5, 0.6) is 0 Å². The molecular weight excluding hydrogens is 190 g/mol. The van der Waals surface area contributed by atoms with E-state index in [1.54, 1.807) is 0 Å². The highest BCUT2D eigenvalue weighted by molar-refractivity contribution is 7.99. The Morgan fingerprint density at radius 3 is 2.83 bits per heavy atom. The van der Waals surface area contributed by atoms with Gasteiger partial charge in [0, 0.05) is 18.2 Å². The lowest BCUT2D eigenvalue weighted by molar-refractivity contribution is -0.121. The number of carbonyl (C=O) groups is 1. The molecule has 1 N–H and O–H groups in total. The van der Waals surface area contributed by atoms with Crippen molar-refractivity contribution in [2.24, 2.45) is 0 Å². The van der Waals surface area contributed by atoms with Crippen LogP contribution in [0.4, 0.5) is 0 Å². The molecule has 72 valence electrons. The van der Waals surface area contributed by atoms with Crippen molar-refractivity contribution in [2.75, 3.05) is 17.3 Å². The molecule has 0 spiro atoms. The summed E-state index contributed by atoms with van der Waals surface area (Å²) in [6, 6.07) is 0.280. The number of amides is 1. The van der Waals surface area contributed by atoms with Crippen LogP contribution in [0, 0.1) is 0 Å². The number of thioether (sulfide) groups is 1. The van der Waals surface area contributed by atoms with Crippen LogP contribution >= 0.6 is 24.4 Å². The summed E-state index contributed by atoms with van der Waals surface area (Å²) in [5.74, 6) is 2.83. The Kier molecular flexibility index (Phi) is 7.91. The van der Waals surface area contributed by atoms with Gasteiger partial charge in [-0.25, -0.2) is 0 Å². The van der Waals surface area contributed by atoms with E-state index < -0.39 is 0 Å². The first-order valence-corrected chi connectivity index (χ1v) is 5.97. The summed E-state index contributed by atoms with van der Waals surface area (Å²) in [5.41, 5.74) is 0. The van der Waals surface area contributed by atoms with Crippen molar-refractivity contribution in [1.82, 2.24) is 5.32 Å². The monoisotopic (exact) mass is 207 g/mol. The van der Waals surface area contributed by atoms with E-state index in [1.165, 1.54) is 0 Å². The molecule has 4 heteroatoms. The van der Waals surface area contributed by atoms with E-state index in [0.717, 1.165) is 11.5 Å². The molecule has 12 heavy (non-hydrogen) atoms. The van der Waals surface area contributed by atoms with Gasteiger partial charge in [-0.2, -0.15) is 24.4 Å². The molecule has 0 rings (SSSR count). The molecule has 0 radical (unpaired) electrons. The third-order valence-electron chi connectivity index (χ3n) is 1.32. The smallest absolute Gasteiger partial charge is 0.221 e.